The summed E-state index contributed by atoms with van der Waals surface area (Å²) in [6, 6.07) is 12.7. The lowest BCUT2D eigenvalue weighted by atomic mass is 9.89. The van der Waals surface area contributed by atoms with Gasteiger partial charge in [0.1, 0.15) is 11.9 Å². The predicted molar refractivity (Wildman–Crippen MR) is 139 cm³/mol. The lowest BCUT2D eigenvalue weighted by molar-refractivity contribution is 0.0402. The van der Waals surface area contributed by atoms with Crippen LogP contribution in [-0.2, 0) is 5.67 Å². The topological polar surface area (TPSA) is 102 Å². The van der Waals surface area contributed by atoms with Crippen LogP contribution in [0.15, 0.2) is 54.9 Å². The van der Waals surface area contributed by atoms with Crippen molar-refractivity contribution in [1.29, 1.82) is 5.26 Å². The number of hydrogen-bond donors (Lipinski definition) is 1. The fraction of sp³-hybridized carbons (Fsp3) is 0.321. The van der Waals surface area contributed by atoms with Crippen LogP contribution in [0.4, 0.5) is 20.4 Å². The molecule has 8 nitrogen and oxygen atoms in total. The smallest absolute Gasteiger partial charge is 0.287 e. The summed E-state index contributed by atoms with van der Waals surface area (Å²) in [6.45, 7) is 5.82. The van der Waals surface area contributed by atoms with E-state index in [0.717, 1.165) is 0 Å². The molecule has 4 rings (SSSR count). The van der Waals surface area contributed by atoms with E-state index in [0.29, 0.717) is 16.9 Å². The molecule has 0 saturated carbocycles. The van der Waals surface area contributed by atoms with Crippen molar-refractivity contribution in [3.05, 3.63) is 82.8 Å². The van der Waals surface area contributed by atoms with Crippen molar-refractivity contribution in [2.45, 2.75) is 45.3 Å². The molecular weight excluding hydrogens is 490 g/mol. The highest BCUT2D eigenvalue weighted by atomic mass is 19.2. The number of benzene rings is 1. The summed E-state index contributed by atoms with van der Waals surface area (Å²) >= 11 is 0. The van der Waals surface area contributed by atoms with Gasteiger partial charge in [0.05, 0.1) is 22.5 Å². The number of nitriles is 1. The van der Waals surface area contributed by atoms with Crippen LogP contribution in [0.2, 0.25) is 0 Å². The van der Waals surface area contributed by atoms with E-state index < -0.39 is 11.6 Å². The van der Waals surface area contributed by atoms with Crippen LogP contribution in [0.25, 0.3) is 0 Å². The molecule has 2 amide bonds. The second-order valence-corrected chi connectivity index (χ2v) is 9.62. The molecule has 3 heterocycles. The molecule has 10 heteroatoms. The van der Waals surface area contributed by atoms with Crippen molar-refractivity contribution in [2.24, 2.45) is 0 Å². The standard InChI is InChI=1S/C28H28F2N6O2/c1-18(2)34-25-9-7-22(17-33-25)27(38)36(30)23-14-21(6-4-19(23)3)26(37)35-12-10-28(29,11-13-35)24-8-5-20(15-31)16-32-24/h4-9,14,16-18H,10-13H2,1-3H3,(H,33,34). The van der Waals surface area contributed by atoms with Crippen molar-refractivity contribution >= 4 is 23.3 Å². The molecule has 3 aromatic rings. The number of aryl methyl sites for hydroxylation is 1. The first kappa shape index (κ1) is 26.7. The molecule has 2 aromatic heterocycles. The Bertz CT molecular complexity index is 1360. The lowest BCUT2D eigenvalue weighted by Gasteiger charge is -2.36. The number of alkyl halides is 1. The summed E-state index contributed by atoms with van der Waals surface area (Å²) in [6.07, 6.45) is 2.71. The van der Waals surface area contributed by atoms with Crippen molar-refractivity contribution in [2.75, 3.05) is 23.5 Å². The molecule has 0 radical (unpaired) electrons. The van der Waals surface area contributed by atoms with Crippen molar-refractivity contribution in [3.63, 3.8) is 0 Å². The minimum absolute atomic E-state index is 0.0119. The van der Waals surface area contributed by atoms with E-state index in [2.05, 4.69) is 15.3 Å². The molecule has 0 atom stereocenters. The third-order valence-corrected chi connectivity index (χ3v) is 6.49. The van der Waals surface area contributed by atoms with E-state index in [-0.39, 0.29) is 65.5 Å². The van der Waals surface area contributed by atoms with E-state index in [9.17, 15) is 9.59 Å². The Labute approximate surface area is 219 Å². The summed E-state index contributed by atoms with van der Waals surface area (Å²) < 4.78 is 30.8. The monoisotopic (exact) mass is 518 g/mol. The number of carbonyl (C=O) groups is 2. The molecule has 38 heavy (non-hydrogen) atoms. The van der Waals surface area contributed by atoms with E-state index in [4.69, 9.17) is 5.26 Å². The number of halogens is 2. The van der Waals surface area contributed by atoms with Crippen LogP contribution < -0.4 is 10.4 Å². The lowest BCUT2D eigenvalue weighted by Crippen LogP contribution is -2.43. The number of piperidine rings is 1. The van der Waals surface area contributed by atoms with E-state index in [1.54, 1.807) is 25.1 Å². The van der Waals surface area contributed by atoms with E-state index in [1.165, 1.54) is 41.6 Å². The van der Waals surface area contributed by atoms with Gasteiger partial charge in [-0.15, -0.1) is 5.12 Å². The SMILES string of the molecule is Cc1ccc(C(=O)N2CCC(F)(c3ccc(C#N)cn3)CC2)cc1N(F)C(=O)c1ccc(NC(C)C)nc1. The Morgan fingerprint density at radius 2 is 1.79 bits per heavy atom. The fourth-order valence-electron chi connectivity index (χ4n) is 4.31. The maximum Gasteiger partial charge on any atom is 0.287 e. The number of nitrogens with zero attached hydrogens (tertiary/aromatic N) is 5. The summed E-state index contributed by atoms with van der Waals surface area (Å²) in [5.74, 6) is -0.719. The normalized spacial score (nSPS) is 14.6. The second-order valence-electron chi connectivity index (χ2n) is 9.62. The van der Waals surface area contributed by atoms with Crippen LogP contribution in [-0.4, -0.2) is 45.8 Å². The molecule has 0 bridgehead atoms. The number of aromatic nitrogens is 2. The number of hydrogen-bond acceptors (Lipinski definition) is 6. The zero-order valence-corrected chi connectivity index (χ0v) is 21.4. The molecule has 0 aliphatic carbocycles. The van der Waals surface area contributed by atoms with Gasteiger partial charge < -0.3 is 10.2 Å². The van der Waals surface area contributed by atoms with Gasteiger partial charge in [-0.05, 0) is 62.7 Å². The molecule has 1 aliphatic rings. The number of rotatable bonds is 6. The maximum absolute atomic E-state index is 15.6. The summed E-state index contributed by atoms with van der Waals surface area (Å²) in [7, 11) is 0. The van der Waals surface area contributed by atoms with Crippen LogP contribution in [0, 0.1) is 18.3 Å². The highest BCUT2D eigenvalue weighted by Crippen LogP contribution is 2.36. The number of nitrogens with one attached hydrogen (secondary N) is 1. The van der Waals surface area contributed by atoms with Gasteiger partial charge in [0.25, 0.3) is 11.8 Å². The average molecular weight is 519 g/mol. The van der Waals surface area contributed by atoms with Crippen LogP contribution in [0.1, 0.15) is 64.2 Å². The third kappa shape index (κ3) is 5.62. The van der Waals surface area contributed by atoms with Gasteiger partial charge in [-0.2, -0.15) is 5.26 Å². The van der Waals surface area contributed by atoms with Gasteiger partial charge in [-0.1, -0.05) is 10.5 Å². The number of carbonyl (C=O) groups excluding carboxylic acids is 2. The molecule has 1 aromatic carbocycles. The largest absolute Gasteiger partial charge is 0.368 e. The van der Waals surface area contributed by atoms with E-state index >= 15 is 8.87 Å². The minimum Gasteiger partial charge on any atom is -0.368 e. The molecule has 1 aliphatic heterocycles. The number of anilines is 2. The highest BCUT2D eigenvalue weighted by molar-refractivity contribution is 6.05. The third-order valence-electron chi connectivity index (χ3n) is 6.49. The first-order valence-corrected chi connectivity index (χ1v) is 12.3. The summed E-state index contributed by atoms with van der Waals surface area (Å²) in [5, 5.41) is 12.0. The highest BCUT2D eigenvalue weighted by Gasteiger charge is 2.39. The quantitative estimate of drug-likeness (QED) is 0.455. The van der Waals surface area contributed by atoms with Gasteiger partial charge in [0.2, 0.25) is 0 Å². The molecule has 0 spiro atoms. The fourth-order valence-corrected chi connectivity index (χ4v) is 4.31. The zero-order valence-electron chi connectivity index (χ0n) is 21.4. The Morgan fingerprint density at radius 1 is 1.08 bits per heavy atom. The molecular formula is C28H28F2N6O2. The van der Waals surface area contributed by atoms with Gasteiger partial charge in [0, 0.05) is 49.9 Å². The first-order valence-electron chi connectivity index (χ1n) is 12.3. The number of pyridine rings is 2. The predicted octanol–water partition coefficient (Wildman–Crippen LogP) is 5.11. The van der Waals surface area contributed by atoms with Gasteiger partial charge in [-0.25, -0.2) is 9.37 Å². The van der Waals surface area contributed by atoms with Gasteiger partial charge >= 0.3 is 0 Å². The Balaban J connectivity index is 1.46. The number of amides is 2. The van der Waals surface area contributed by atoms with Gasteiger partial charge in [-0.3, -0.25) is 14.6 Å². The van der Waals surface area contributed by atoms with Crippen molar-refractivity contribution in [3.8, 4) is 6.07 Å². The van der Waals surface area contributed by atoms with E-state index in [1.807, 2.05) is 19.9 Å². The van der Waals surface area contributed by atoms with Crippen molar-refractivity contribution < 1.29 is 18.5 Å². The summed E-state index contributed by atoms with van der Waals surface area (Å²) in [4.78, 5) is 35.7. The Hall–Kier alpha value is -4.39. The minimum atomic E-state index is -1.71. The van der Waals surface area contributed by atoms with Crippen LogP contribution in [0.5, 0.6) is 0 Å². The molecule has 1 fully saturated rings. The Morgan fingerprint density at radius 3 is 2.37 bits per heavy atom. The first-order chi connectivity index (χ1) is 18.1. The Kier molecular flexibility index (Phi) is 7.67. The average Bonchev–Trinajstić information content (AvgIpc) is 2.93. The maximum atomic E-state index is 15.6. The molecule has 1 N–H and O–H groups in total. The second kappa shape index (κ2) is 10.9. The zero-order chi connectivity index (χ0) is 27.4. The van der Waals surface area contributed by atoms with Crippen LogP contribution in [0.3, 0.4) is 0 Å². The summed E-state index contributed by atoms with van der Waals surface area (Å²) in [5.41, 5.74) is -0.462. The van der Waals surface area contributed by atoms with Crippen molar-refractivity contribution in [1.82, 2.24) is 14.9 Å². The van der Waals surface area contributed by atoms with Gasteiger partial charge in [0.15, 0.2) is 5.67 Å². The molecule has 0 unspecified atom stereocenters. The molecule has 196 valence electrons. The number of likely N-dealkylation sites (tertiary alicyclic amines) is 1. The molecule has 1 saturated heterocycles. The van der Waals surface area contributed by atoms with Crippen LogP contribution >= 0.6 is 0 Å².